The molecule has 2 unspecified atom stereocenters. The summed E-state index contributed by atoms with van der Waals surface area (Å²) < 4.78 is 0. The van der Waals surface area contributed by atoms with E-state index in [0.29, 0.717) is 17.0 Å². The lowest BCUT2D eigenvalue weighted by Gasteiger charge is -2.34. The Bertz CT molecular complexity index is 1190. The van der Waals surface area contributed by atoms with E-state index in [1.165, 1.54) is 41.0 Å². The zero-order chi connectivity index (χ0) is 21.8. The average molecular weight is 448 g/mol. The van der Waals surface area contributed by atoms with Crippen molar-refractivity contribution < 1.29 is 4.79 Å². The largest absolute Gasteiger partial charge is 0.386 e. The van der Waals surface area contributed by atoms with Crippen LogP contribution in [0, 0.1) is 6.92 Å². The molecular weight excluding hydrogens is 418 g/mol. The number of hydrogen-bond donors (Lipinski definition) is 3. The molecular formula is C25H29N5OS. The van der Waals surface area contributed by atoms with Gasteiger partial charge in [-0.05, 0) is 68.0 Å². The lowest BCUT2D eigenvalue weighted by atomic mass is 10.1. The van der Waals surface area contributed by atoms with Crippen molar-refractivity contribution in [3.8, 4) is 0 Å². The second-order valence-corrected chi connectivity index (χ2v) is 10.4. The zero-order valence-electron chi connectivity index (χ0n) is 18.6. The second-order valence-electron chi connectivity index (χ2n) is 9.44. The Labute approximate surface area is 192 Å². The third kappa shape index (κ3) is 3.44. The maximum atomic E-state index is 13.2. The van der Waals surface area contributed by atoms with Crippen molar-refractivity contribution in [3.63, 3.8) is 0 Å². The standard InChI is InChI=1S/C25H29N5OS/c1-14-3-8-21-22(26-2)23(32-25(21)27-14)24(31)29-19-9-15-4-7-20(11-16(15)10-19)30-12-17-5-6-18(13-30)28-17/h3-4,7-8,11,17-19,26,28H,5-6,9-10,12-13H2,1-2H3,(H,29,31)/t17?,18?,19-/m0/s1. The molecule has 7 heteroatoms. The van der Waals surface area contributed by atoms with Gasteiger partial charge in [0, 0.05) is 55.0 Å². The third-order valence-electron chi connectivity index (χ3n) is 7.19. The van der Waals surface area contributed by atoms with Gasteiger partial charge < -0.3 is 20.9 Å². The van der Waals surface area contributed by atoms with Crippen molar-refractivity contribution in [3.05, 3.63) is 52.0 Å². The average Bonchev–Trinajstić information content (AvgIpc) is 3.46. The van der Waals surface area contributed by atoms with E-state index in [9.17, 15) is 4.79 Å². The van der Waals surface area contributed by atoms with Gasteiger partial charge in [0.25, 0.3) is 5.91 Å². The van der Waals surface area contributed by atoms with Crippen molar-refractivity contribution >= 4 is 38.8 Å². The van der Waals surface area contributed by atoms with E-state index in [0.717, 1.165) is 47.5 Å². The fourth-order valence-corrected chi connectivity index (χ4v) is 6.77. The normalized spacial score (nSPS) is 24.1. The molecule has 6 nitrogen and oxygen atoms in total. The highest BCUT2D eigenvalue weighted by atomic mass is 32.1. The maximum Gasteiger partial charge on any atom is 0.263 e. The number of piperazine rings is 1. The van der Waals surface area contributed by atoms with Crippen LogP contribution >= 0.6 is 11.3 Å². The van der Waals surface area contributed by atoms with Gasteiger partial charge >= 0.3 is 0 Å². The van der Waals surface area contributed by atoms with Crippen molar-refractivity contribution in [2.75, 3.05) is 30.4 Å². The number of pyridine rings is 1. The van der Waals surface area contributed by atoms with E-state index < -0.39 is 0 Å². The van der Waals surface area contributed by atoms with Crippen molar-refractivity contribution in [2.45, 2.75) is 50.7 Å². The van der Waals surface area contributed by atoms with Crippen LogP contribution in [0.4, 0.5) is 11.4 Å². The van der Waals surface area contributed by atoms with Crippen LogP contribution in [0.3, 0.4) is 0 Å². The Morgan fingerprint density at radius 1 is 1.12 bits per heavy atom. The molecule has 1 aromatic carbocycles. The molecule has 6 rings (SSSR count). The molecule has 4 heterocycles. The number of nitrogens with one attached hydrogen (secondary N) is 3. The van der Waals surface area contributed by atoms with Gasteiger partial charge in [-0.15, -0.1) is 11.3 Å². The van der Waals surface area contributed by atoms with Crippen LogP contribution in [0.25, 0.3) is 10.2 Å². The molecule has 0 spiro atoms. The molecule has 166 valence electrons. The summed E-state index contributed by atoms with van der Waals surface area (Å²) in [4.78, 5) is 22.0. The molecule has 0 saturated carbocycles. The van der Waals surface area contributed by atoms with E-state index in [-0.39, 0.29) is 11.9 Å². The quantitative estimate of drug-likeness (QED) is 0.571. The van der Waals surface area contributed by atoms with Gasteiger partial charge in [-0.2, -0.15) is 0 Å². The number of nitrogens with zero attached hydrogens (tertiary/aromatic N) is 2. The van der Waals surface area contributed by atoms with Gasteiger partial charge in [0.1, 0.15) is 9.71 Å². The summed E-state index contributed by atoms with van der Waals surface area (Å²) in [6, 6.07) is 12.3. The number of benzene rings is 1. The van der Waals surface area contributed by atoms with Gasteiger partial charge in [0.15, 0.2) is 0 Å². The third-order valence-corrected chi connectivity index (χ3v) is 8.29. The Hall–Kier alpha value is -2.64. The minimum absolute atomic E-state index is 0.00767. The molecule has 2 bridgehead atoms. The van der Waals surface area contributed by atoms with Crippen LogP contribution in [-0.4, -0.2) is 49.2 Å². The number of rotatable bonds is 4. The smallest absolute Gasteiger partial charge is 0.263 e. The summed E-state index contributed by atoms with van der Waals surface area (Å²) in [7, 11) is 1.87. The molecule has 1 aliphatic carbocycles. The van der Waals surface area contributed by atoms with Crippen LogP contribution in [-0.2, 0) is 12.8 Å². The van der Waals surface area contributed by atoms with Gasteiger partial charge in [-0.3, -0.25) is 4.79 Å². The number of carbonyl (C=O) groups excluding carboxylic acids is 1. The molecule has 3 N–H and O–H groups in total. The zero-order valence-corrected chi connectivity index (χ0v) is 19.4. The predicted octanol–water partition coefficient (Wildman–Crippen LogP) is 3.48. The van der Waals surface area contributed by atoms with Crippen molar-refractivity contribution in [1.29, 1.82) is 0 Å². The summed E-state index contributed by atoms with van der Waals surface area (Å²) >= 11 is 1.47. The summed E-state index contributed by atoms with van der Waals surface area (Å²) in [5.41, 5.74) is 5.91. The van der Waals surface area contributed by atoms with Crippen LogP contribution in [0.15, 0.2) is 30.3 Å². The van der Waals surface area contributed by atoms with Crippen LogP contribution in [0.2, 0.25) is 0 Å². The number of carbonyl (C=O) groups is 1. The SMILES string of the molecule is CNc1c(C(=O)N[C@H]2Cc3ccc(N4CC5CCC(C4)N5)cc3C2)sc2nc(C)ccc12. The first-order valence-electron chi connectivity index (χ1n) is 11.6. The molecule has 0 radical (unpaired) electrons. The first-order chi connectivity index (χ1) is 15.6. The number of amides is 1. The van der Waals surface area contributed by atoms with E-state index in [1.807, 2.05) is 26.1 Å². The van der Waals surface area contributed by atoms with E-state index in [4.69, 9.17) is 0 Å². The molecule has 3 atom stereocenters. The Morgan fingerprint density at radius 2 is 1.91 bits per heavy atom. The van der Waals surface area contributed by atoms with Crippen molar-refractivity contribution in [2.24, 2.45) is 0 Å². The van der Waals surface area contributed by atoms with Gasteiger partial charge in [-0.25, -0.2) is 4.98 Å². The Morgan fingerprint density at radius 3 is 2.69 bits per heavy atom. The van der Waals surface area contributed by atoms with Gasteiger partial charge in [0.2, 0.25) is 0 Å². The highest BCUT2D eigenvalue weighted by molar-refractivity contribution is 7.21. The summed E-state index contributed by atoms with van der Waals surface area (Å²) in [5, 5.41) is 11.2. The number of hydrogen-bond acceptors (Lipinski definition) is 6. The summed E-state index contributed by atoms with van der Waals surface area (Å²) in [6.07, 6.45) is 4.37. The molecule has 32 heavy (non-hydrogen) atoms. The highest BCUT2D eigenvalue weighted by Gasteiger charge is 2.33. The fourth-order valence-electron chi connectivity index (χ4n) is 5.64. The molecule has 1 amide bonds. The maximum absolute atomic E-state index is 13.2. The second kappa shape index (κ2) is 7.74. The fraction of sp³-hybridized carbons (Fsp3) is 0.440. The first kappa shape index (κ1) is 20.0. The van der Waals surface area contributed by atoms with Crippen LogP contribution in [0.1, 0.15) is 39.3 Å². The Balaban J connectivity index is 1.18. The number of fused-ring (bicyclic) bond motifs is 4. The highest BCUT2D eigenvalue weighted by Crippen LogP contribution is 2.35. The molecule has 3 aliphatic rings. The van der Waals surface area contributed by atoms with Crippen LogP contribution in [0.5, 0.6) is 0 Å². The molecule has 2 saturated heterocycles. The lowest BCUT2D eigenvalue weighted by molar-refractivity contribution is 0.0943. The Kier molecular flexibility index (Phi) is 4.84. The predicted molar refractivity (Wildman–Crippen MR) is 131 cm³/mol. The first-order valence-corrected chi connectivity index (χ1v) is 12.4. The molecule has 3 aromatic rings. The number of aromatic nitrogens is 1. The van der Waals surface area contributed by atoms with Gasteiger partial charge in [-0.1, -0.05) is 6.07 Å². The minimum Gasteiger partial charge on any atom is -0.386 e. The molecule has 2 fully saturated rings. The number of anilines is 2. The summed E-state index contributed by atoms with van der Waals surface area (Å²) in [6.45, 7) is 4.18. The number of thiophene rings is 1. The monoisotopic (exact) mass is 447 g/mol. The minimum atomic E-state index is -0.00767. The molecule has 2 aromatic heterocycles. The van der Waals surface area contributed by atoms with E-state index in [1.54, 1.807) is 0 Å². The van der Waals surface area contributed by atoms with E-state index in [2.05, 4.69) is 44.0 Å². The lowest BCUT2D eigenvalue weighted by Crippen LogP contribution is -2.51. The van der Waals surface area contributed by atoms with Crippen LogP contribution < -0.4 is 20.9 Å². The van der Waals surface area contributed by atoms with Crippen molar-refractivity contribution in [1.82, 2.24) is 15.6 Å². The molecule has 2 aliphatic heterocycles. The topological polar surface area (TPSA) is 69.3 Å². The number of aryl methyl sites for hydroxylation is 1. The summed E-state index contributed by atoms with van der Waals surface area (Å²) in [5.74, 6) is -0.00767. The van der Waals surface area contributed by atoms with Gasteiger partial charge in [0.05, 0.1) is 5.69 Å². The van der Waals surface area contributed by atoms with E-state index >= 15 is 0 Å².